The maximum Gasteiger partial charge on any atom is 0.340 e. The van der Waals surface area contributed by atoms with Crippen molar-refractivity contribution in [2.75, 3.05) is 13.9 Å². The summed E-state index contributed by atoms with van der Waals surface area (Å²) in [7, 11) is 1.42. The summed E-state index contributed by atoms with van der Waals surface area (Å²) in [4.78, 5) is 24.0. The molecular formula is C20H16O5. The Bertz CT molecular complexity index is 946. The van der Waals surface area contributed by atoms with Gasteiger partial charge in [-0.25, -0.2) is 9.59 Å². The number of carboxylic acid groups (broad SMARTS) is 1. The van der Waals surface area contributed by atoms with E-state index in [0.717, 1.165) is 10.8 Å². The molecule has 0 aliphatic heterocycles. The molecule has 126 valence electrons. The van der Waals surface area contributed by atoms with Crippen LogP contribution in [0, 0.1) is 0 Å². The highest BCUT2D eigenvalue weighted by atomic mass is 16.7. The highest BCUT2D eigenvalue weighted by Gasteiger charge is 2.19. The van der Waals surface area contributed by atoms with E-state index in [2.05, 4.69) is 0 Å². The number of ether oxygens (including phenoxy) is 2. The maximum atomic E-state index is 12.5. The van der Waals surface area contributed by atoms with Gasteiger partial charge in [-0.2, -0.15) is 0 Å². The normalized spacial score (nSPS) is 10.6. The minimum Gasteiger partial charge on any atom is -0.478 e. The zero-order valence-electron chi connectivity index (χ0n) is 13.6. The van der Waals surface area contributed by atoms with Crippen LogP contribution in [-0.2, 0) is 9.47 Å². The second-order valence-corrected chi connectivity index (χ2v) is 5.43. The van der Waals surface area contributed by atoms with Crippen molar-refractivity contribution in [1.82, 2.24) is 0 Å². The molecule has 3 aromatic carbocycles. The van der Waals surface area contributed by atoms with Crippen LogP contribution in [0.2, 0.25) is 0 Å². The summed E-state index contributed by atoms with van der Waals surface area (Å²) in [5.74, 6) is -1.62. The molecule has 25 heavy (non-hydrogen) atoms. The monoisotopic (exact) mass is 336 g/mol. The Morgan fingerprint density at radius 2 is 1.52 bits per heavy atom. The summed E-state index contributed by atoms with van der Waals surface area (Å²) in [6.07, 6.45) is 0. The van der Waals surface area contributed by atoms with Crippen LogP contribution < -0.4 is 0 Å². The predicted molar refractivity (Wildman–Crippen MR) is 93.6 cm³/mol. The summed E-state index contributed by atoms with van der Waals surface area (Å²) in [5, 5.41) is 11.2. The van der Waals surface area contributed by atoms with Crippen molar-refractivity contribution < 1.29 is 24.2 Å². The number of carbonyl (C=O) groups excluding carboxylic acids is 1. The van der Waals surface area contributed by atoms with Crippen LogP contribution >= 0.6 is 0 Å². The van der Waals surface area contributed by atoms with Gasteiger partial charge in [0.1, 0.15) is 0 Å². The van der Waals surface area contributed by atoms with E-state index in [1.807, 2.05) is 24.3 Å². The lowest BCUT2D eigenvalue weighted by molar-refractivity contribution is -0.0124. The molecule has 0 aliphatic rings. The molecule has 0 saturated heterocycles. The van der Waals surface area contributed by atoms with Gasteiger partial charge in [-0.1, -0.05) is 42.5 Å². The minimum atomic E-state index is -1.06. The zero-order chi connectivity index (χ0) is 17.8. The van der Waals surface area contributed by atoms with Gasteiger partial charge in [0.05, 0.1) is 11.1 Å². The molecule has 0 unspecified atom stereocenters. The average molecular weight is 336 g/mol. The highest BCUT2D eigenvalue weighted by Crippen LogP contribution is 2.32. The maximum absolute atomic E-state index is 12.5. The molecular weight excluding hydrogens is 320 g/mol. The Morgan fingerprint density at radius 1 is 0.880 bits per heavy atom. The molecule has 0 saturated carbocycles. The van der Waals surface area contributed by atoms with Gasteiger partial charge in [0, 0.05) is 7.11 Å². The summed E-state index contributed by atoms with van der Waals surface area (Å²) >= 11 is 0. The van der Waals surface area contributed by atoms with E-state index in [0.29, 0.717) is 16.7 Å². The highest BCUT2D eigenvalue weighted by molar-refractivity contribution is 6.06. The van der Waals surface area contributed by atoms with E-state index in [9.17, 15) is 14.7 Å². The minimum absolute atomic E-state index is 0.124. The lowest BCUT2D eigenvalue weighted by atomic mass is 9.92. The first-order valence-corrected chi connectivity index (χ1v) is 7.63. The number of methoxy groups -OCH3 is 1. The van der Waals surface area contributed by atoms with Crippen LogP contribution in [-0.4, -0.2) is 30.9 Å². The van der Waals surface area contributed by atoms with E-state index < -0.39 is 11.9 Å². The molecule has 5 nitrogen and oxygen atoms in total. The topological polar surface area (TPSA) is 72.8 Å². The Morgan fingerprint density at radius 3 is 2.20 bits per heavy atom. The fourth-order valence-electron chi connectivity index (χ4n) is 2.73. The molecule has 0 amide bonds. The van der Waals surface area contributed by atoms with E-state index in [4.69, 9.17) is 9.47 Å². The van der Waals surface area contributed by atoms with Crippen molar-refractivity contribution in [3.8, 4) is 11.1 Å². The summed E-state index contributed by atoms with van der Waals surface area (Å²) in [6, 6.07) is 17.6. The van der Waals surface area contributed by atoms with Crippen molar-refractivity contribution in [2.45, 2.75) is 0 Å². The van der Waals surface area contributed by atoms with Gasteiger partial charge in [0.25, 0.3) is 0 Å². The first-order chi connectivity index (χ1) is 12.1. The van der Waals surface area contributed by atoms with Gasteiger partial charge >= 0.3 is 11.9 Å². The van der Waals surface area contributed by atoms with Gasteiger partial charge in [-0.05, 0) is 40.1 Å². The fraction of sp³-hybridized carbons (Fsp3) is 0.100. The van der Waals surface area contributed by atoms with Crippen molar-refractivity contribution >= 4 is 22.7 Å². The number of rotatable bonds is 5. The number of carboxylic acids is 1. The lowest BCUT2D eigenvalue weighted by Crippen LogP contribution is -2.10. The molecule has 0 spiro atoms. The van der Waals surface area contributed by atoms with E-state index >= 15 is 0 Å². The molecule has 0 radical (unpaired) electrons. The average Bonchev–Trinajstić information content (AvgIpc) is 2.65. The third kappa shape index (κ3) is 3.36. The van der Waals surface area contributed by atoms with Crippen molar-refractivity contribution in [2.24, 2.45) is 0 Å². The molecule has 0 aromatic heterocycles. The Hall–Kier alpha value is -3.18. The molecule has 1 N–H and O–H groups in total. The predicted octanol–water partition coefficient (Wildman–Crippen LogP) is 3.97. The van der Waals surface area contributed by atoms with Crippen molar-refractivity contribution in [3.05, 3.63) is 71.8 Å². The van der Waals surface area contributed by atoms with Gasteiger partial charge in [0.2, 0.25) is 0 Å². The SMILES string of the molecule is COCOC(=O)c1cc2ccccc2cc1-c1ccccc1C(=O)O. The number of esters is 1. The number of hydrogen-bond acceptors (Lipinski definition) is 4. The van der Waals surface area contributed by atoms with Crippen molar-refractivity contribution in [1.29, 1.82) is 0 Å². The van der Waals surface area contributed by atoms with Gasteiger partial charge in [0.15, 0.2) is 6.79 Å². The standard InChI is InChI=1S/C20H16O5/c1-24-12-25-20(23)18-11-14-7-3-2-6-13(14)10-17(18)15-8-4-5-9-16(15)19(21)22/h2-11H,12H2,1H3,(H,21,22). The van der Waals surface area contributed by atoms with Gasteiger partial charge in [-0.3, -0.25) is 0 Å². The molecule has 0 fully saturated rings. The summed E-state index contributed by atoms with van der Waals surface area (Å²) in [6.45, 7) is -0.175. The third-order valence-electron chi connectivity index (χ3n) is 3.86. The van der Waals surface area contributed by atoms with Crippen LogP contribution in [0.1, 0.15) is 20.7 Å². The smallest absolute Gasteiger partial charge is 0.340 e. The van der Waals surface area contributed by atoms with Crippen LogP contribution in [0.25, 0.3) is 21.9 Å². The van der Waals surface area contributed by atoms with Gasteiger partial charge < -0.3 is 14.6 Å². The first-order valence-electron chi connectivity index (χ1n) is 7.63. The number of carbonyl (C=O) groups is 2. The van der Waals surface area contributed by atoms with E-state index in [-0.39, 0.29) is 12.4 Å². The Labute approximate surface area is 144 Å². The largest absolute Gasteiger partial charge is 0.478 e. The van der Waals surface area contributed by atoms with Gasteiger partial charge in [-0.15, -0.1) is 0 Å². The fourth-order valence-corrected chi connectivity index (χ4v) is 2.73. The second-order valence-electron chi connectivity index (χ2n) is 5.43. The number of benzene rings is 3. The number of fused-ring (bicyclic) bond motifs is 1. The van der Waals surface area contributed by atoms with Crippen LogP contribution in [0.4, 0.5) is 0 Å². The van der Waals surface area contributed by atoms with E-state index in [1.54, 1.807) is 30.3 Å². The molecule has 3 aromatic rings. The number of aromatic carboxylic acids is 1. The van der Waals surface area contributed by atoms with E-state index in [1.165, 1.54) is 13.2 Å². The second kappa shape index (κ2) is 7.15. The molecule has 0 bridgehead atoms. The zero-order valence-corrected chi connectivity index (χ0v) is 13.6. The lowest BCUT2D eigenvalue weighted by Gasteiger charge is -2.13. The molecule has 3 rings (SSSR count). The molecule has 5 heteroatoms. The Kier molecular flexibility index (Phi) is 4.77. The van der Waals surface area contributed by atoms with Crippen LogP contribution in [0.15, 0.2) is 60.7 Å². The van der Waals surface area contributed by atoms with Crippen molar-refractivity contribution in [3.63, 3.8) is 0 Å². The molecule has 0 aliphatic carbocycles. The van der Waals surface area contributed by atoms with Crippen LogP contribution in [0.5, 0.6) is 0 Å². The number of hydrogen-bond donors (Lipinski definition) is 1. The third-order valence-corrected chi connectivity index (χ3v) is 3.86. The first kappa shape index (κ1) is 16.7. The molecule has 0 heterocycles. The Balaban J connectivity index is 2.25. The summed E-state index contributed by atoms with van der Waals surface area (Å²) in [5.41, 5.74) is 1.39. The quantitative estimate of drug-likeness (QED) is 0.564. The summed E-state index contributed by atoms with van der Waals surface area (Å²) < 4.78 is 9.87. The molecule has 0 atom stereocenters. The van der Waals surface area contributed by atoms with Crippen LogP contribution in [0.3, 0.4) is 0 Å².